The van der Waals surface area contributed by atoms with E-state index >= 15 is 0 Å². The summed E-state index contributed by atoms with van der Waals surface area (Å²) < 4.78 is 5.42. The molecule has 1 saturated carbocycles. The maximum absolute atomic E-state index is 12.3. The van der Waals surface area contributed by atoms with E-state index < -0.39 is 0 Å². The summed E-state index contributed by atoms with van der Waals surface area (Å²) in [6.07, 6.45) is 4.21. The molecule has 22 heavy (non-hydrogen) atoms. The number of morpholine rings is 1. The van der Waals surface area contributed by atoms with Crippen molar-refractivity contribution in [2.24, 2.45) is 5.92 Å². The Morgan fingerprint density at radius 3 is 2.59 bits per heavy atom. The monoisotopic (exact) mass is 302 g/mol. The van der Waals surface area contributed by atoms with Crippen LogP contribution in [0.2, 0.25) is 0 Å². The Morgan fingerprint density at radius 1 is 1.23 bits per heavy atom. The Balaban J connectivity index is 1.59. The van der Waals surface area contributed by atoms with Crippen LogP contribution in [0.3, 0.4) is 0 Å². The standard InChI is InChI=1S/C18H26N2O2/c21-18(16-7-4-8-16)19-17(13-15-5-2-1-3-6-15)14-20-9-11-22-12-10-20/h1-3,5-6,16-17H,4,7-14H2,(H,19,21). The van der Waals surface area contributed by atoms with E-state index in [2.05, 4.69) is 34.5 Å². The van der Waals surface area contributed by atoms with Gasteiger partial charge in [0, 0.05) is 31.6 Å². The molecular formula is C18H26N2O2. The molecule has 2 fully saturated rings. The molecule has 1 aliphatic carbocycles. The second-order valence-corrected chi connectivity index (χ2v) is 6.44. The van der Waals surface area contributed by atoms with Gasteiger partial charge in [-0.3, -0.25) is 9.69 Å². The summed E-state index contributed by atoms with van der Waals surface area (Å²) >= 11 is 0. The van der Waals surface area contributed by atoms with E-state index in [1.54, 1.807) is 0 Å². The first kappa shape index (κ1) is 15.5. The van der Waals surface area contributed by atoms with Crippen molar-refractivity contribution in [1.29, 1.82) is 0 Å². The molecule has 1 aromatic carbocycles. The molecular weight excluding hydrogens is 276 g/mol. The molecule has 1 N–H and O–H groups in total. The van der Waals surface area contributed by atoms with Crippen LogP contribution in [0.5, 0.6) is 0 Å². The van der Waals surface area contributed by atoms with Crippen LogP contribution in [0.25, 0.3) is 0 Å². The largest absolute Gasteiger partial charge is 0.379 e. The van der Waals surface area contributed by atoms with Gasteiger partial charge in [0.25, 0.3) is 0 Å². The molecule has 1 aliphatic heterocycles. The summed E-state index contributed by atoms with van der Waals surface area (Å²) in [5, 5.41) is 3.29. The fourth-order valence-electron chi connectivity index (χ4n) is 3.14. The van der Waals surface area contributed by atoms with Crippen molar-refractivity contribution in [2.75, 3.05) is 32.8 Å². The number of nitrogens with one attached hydrogen (secondary N) is 1. The molecule has 0 aromatic heterocycles. The highest BCUT2D eigenvalue weighted by molar-refractivity contribution is 5.79. The van der Waals surface area contributed by atoms with Gasteiger partial charge < -0.3 is 10.1 Å². The lowest BCUT2D eigenvalue weighted by atomic mass is 9.84. The number of amides is 1. The highest BCUT2D eigenvalue weighted by Gasteiger charge is 2.27. The van der Waals surface area contributed by atoms with Gasteiger partial charge in [-0.2, -0.15) is 0 Å². The molecule has 1 atom stereocenters. The molecule has 1 saturated heterocycles. The van der Waals surface area contributed by atoms with Crippen LogP contribution in [0, 0.1) is 5.92 Å². The summed E-state index contributed by atoms with van der Waals surface area (Å²) in [7, 11) is 0. The second kappa shape index (κ2) is 7.75. The first-order chi connectivity index (χ1) is 10.8. The Morgan fingerprint density at radius 2 is 1.95 bits per heavy atom. The predicted molar refractivity (Wildman–Crippen MR) is 86.7 cm³/mol. The molecule has 1 aromatic rings. The van der Waals surface area contributed by atoms with Crippen molar-refractivity contribution in [3.63, 3.8) is 0 Å². The quantitative estimate of drug-likeness (QED) is 0.872. The summed E-state index contributed by atoms with van der Waals surface area (Å²) in [6.45, 7) is 4.44. The van der Waals surface area contributed by atoms with Gasteiger partial charge >= 0.3 is 0 Å². The third-order valence-electron chi connectivity index (χ3n) is 4.73. The Bertz CT molecular complexity index is 467. The van der Waals surface area contributed by atoms with Crippen LogP contribution in [0.15, 0.2) is 30.3 Å². The molecule has 0 bridgehead atoms. The van der Waals surface area contributed by atoms with Gasteiger partial charge in [0.1, 0.15) is 0 Å². The van der Waals surface area contributed by atoms with Gasteiger partial charge in [0.2, 0.25) is 5.91 Å². The number of benzene rings is 1. The average Bonchev–Trinajstić information content (AvgIpc) is 2.47. The van der Waals surface area contributed by atoms with Crippen LogP contribution in [-0.4, -0.2) is 49.7 Å². The number of ether oxygens (including phenoxy) is 1. The SMILES string of the molecule is O=C(NC(Cc1ccccc1)CN1CCOCC1)C1CCC1. The minimum absolute atomic E-state index is 0.189. The number of carbonyl (C=O) groups is 1. The number of nitrogens with zero attached hydrogens (tertiary/aromatic N) is 1. The van der Waals surface area contributed by atoms with E-state index in [-0.39, 0.29) is 17.9 Å². The van der Waals surface area contributed by atoms with Crippen LogP contribution in [0.4, 0.5) is 0 Å². The highest BCUT2D eigenvalue weighted by atomic mass is 16.5. The molecule has 1 amide bonds. The zero-order valence-electron chi connectivity index (χ0n) is 13.2. The van der Waals surface area contributed by atoms with Crippen LogP contribution in [0.1, 0.15) is 24.8 Å². The second-order valence-electron chi connectivity index (χ2n) is 6.44. The third-order valence-corrected chi connectivity index (χ3v) is 4.73. The van der Waals surface area contributed by atoms with Gasteiger partial charge in [0.15, 0.2) is 0 Å². The van der Waals surface area contributed by atoms with E-state index in [0.29, 0.717) is 0 Å². The van der Waals surface area contributed by atoms with Crippen molar-refractivity contribution in [3.8, 4) is 0 Å². The zero-order valence-corrected chi connectivity index (χ0v) is 13.2. The van der Waals surface area contributed by atoms with E-state index in [1.807, 2.05) is 6.07 Å². The van der Waals surface area contributed by atoms with E-state index in [1.165, 1.54) is 12.0 Å². The molecule has 0 spiro atoms. The number of rotatable bonds is 6. The maximum atomic E-state index is 12.3. The summed E-state index contributed by atoms with van der Waals surface area (Å²) in [5.74, 6) is 0.503. The topological polar surface area (TPSA) is 41.6 Å². The highest BCUT2D eigenvalue weighted by Crippen LogP contribution is 2.26. The Labute approximate surface area is 132 Å². The molecule has 1 unspecified atom stereocenters. The number of carbonyl (C=O) groups excluding carboxylic acids is 1. The van der Waals surface area contributed by atoms with Crippen molar-refractivity contribution in [1.82, 2.24) is 10.2 Å². The predicted octanol–water partition coefficient (Wildman–Crippen LogP) is 1.85. The number of hydrogen-bond acceptors (Lipinski definition) is 3. The lowest BCUT2D eigenvalue weighted by Crippen LogP contribution is -2.50. The van der Waals surface area contributed by atoms with Crippen LogP contribution >= 0.6 is 0 Å². The lowest BCUT2D eigenvalue weighted by Gasteiger charge is -2.33. The van der Waals surface area contributed by atoms with Gasteiger partial charge in [0.05, 0.1) is 13.2 Å². The summed E-state index contributed by atoms with van der Waals surface area (Å²) in [4.78, 5) is 14.7. The summed E-state index contributed by atoms with van der Waals surface area (Å²) in [5.41, 5.74) is 1.29. The zero-order chi connectivity index (χ0) is 15.2. The molecule has 120 valence electrons. The van der Waals surface area contributed by atoms with E-state index in [9.17, 15) is 4.79 Å². The van der Waals surface area contributed by atoms with Gasteiger partial charge in [-0.15, -0.1) is 0 Å². The molecule has 4 heteroatoms. The average molecular weight is 302 g/mol. The third kappa shape index (κ3) is 4.31. The van der Waals surface area contributed by atoms with Crippen molar-refractivity contribution < 1.29 is 9.53 Å². The normalized spacial score (nSPS) is 21.1. The van der Waals surface area contributed by atoms with Crippen LogP contribution < -0.4 is 5.32 Å². The molecule has 3 rings (SSSR count). The van der Waals surface area contributed by atoms with Gasteiger partial charge in [-0.05, 0) is 24.8 Å². The Hall–Kier alpha value is -1.39. The fourth-order valence-corrected chi connectivity index (χ4v) is 3.14. The Kier molecular flexibility index (Phi) is 5.46. The van der Waals surface area contributed by atoms with Crippen molar-refractivity contribution in [2.45, 2.75) is 31.7 Å². The minimum Gasteiger partial charge on any atom is -0.379 e. The van der Waals surface area contributed by atoms with Crippen molar-refractivity contribution in [3.05, 3.63) is 35.9 Å². The first-order valence-corrected chi connectivity index (χ1v) is 8.45. The van der Waals surface area contributed by atoms with Gasteiger partial charge in [-0.25, -0.2) is 0 Å². The smallest absolute Gasteiger partial charge is 0.223 e. The first-order valence-electron chi connectivity index (χ1n) is 8.45. The fraction of sp³-hybridized carbons (Fsp3) is 0.611. The van der Waals surface area contributed by atoms with E-state index in [4.69, 9.17) is 4.74 Å². The molecule has 2 aliphatic rings. The molecule has 1 heterocycles. The maximum Gasteiger partial charge on any atom is 0.223 e. The van der Waals surface area contributed by atoms with E-state index in [0.717, 1.165) is 52.1 Å². The molecule has 4 nitrogen and oxygen atoms in total. The minimum atomic E-state index is 0.189. The molecule has 0 radical (unpaired) electrons. The van der Waals surface area contributed by atoms with Gasteiger partial charge in [-0.1, -0.05) is 36.8 Å². The summed E-state index contributed by atoms with van der Waals surface area (Å²) in [6, 6.07) is 10.6. The van der Waals surface area contributed by atoms with Crippen molar-refractivity contribution >= 4 is 5.91 Å². The number of hydrogen-bond donors (Lipinski definition) is 1. The van der Waals surface area contributed by atoms with Crippen LogP contribution in [-0.2, 0) is 16.0 Å². The lowest BCUT2D eigenvalue weighted by molar-refractivity contribution is -0.128.